The van der Waals surface area contributed by atoms with E-state index < -0.39 is 0 Å². The lowest BCUT2D eigenvalue weighted by atomic mass is 9.99. The number of halogens is 1. The van der Waals surface area contributed by atoms with Gasteiger partial charge in [0.1, 0.15) is 0 Å². The van der Waals surface area contributed by atoms with Gasteiger partial charge in [0.2, 0.25) is 5.28 Å². The summed E-state index contributed by atoms with van der Waals surface area (Å²) in [4.78, 5) is 13.4. The van der Waals surface area contributed by atoms with Gasteiger partial charge in [-0.3, -0.25) is 0 Å². The van der Waals surface area contributed by atoms with Crippen LogP contribution in [-0.2, 0) is 0 Å². The number of hydrogen-bond donors (Lipinski definition) is 0. The Morgan fingerprint density at radius 2 is 1.25 bits per heavy atom. The number of hydrogen-bond acceptors (Lipinski definition) is 4. The Labute approximate surface area is 194 Å². The second kappa shape index (κ2) is 7.83. The predicted octanol–water partition coefficient (Wildman–Crippen LogP) is 7.89. The molecule has 2 heterocycles. The van der Waals surface area contributed by atoms with E-state index in [1.165, 1.54) is 31.3 Å². The average Bonchev–Trinajstić information content (AvgIpc) is 3.23. The lowest BCUT2D eigenvalue weighted by molar-refractivity contribution is 1.07. The SMILES string of the molecule is Clc1nc(-c2ccccc2)nc(-c2ccc3c(c2)sc2cccc(-c4ccccc4)c23)n1. The maximum absolute atomic E-state index is 6.26. The summed E-state index contributed by atoms with van der Waals surface area (Å²) in [5.74, 6) is 1.15. The lowest BCUT2D eigenvalue weighted by Gasteiger charge is -2.06. The molecule has 0 radical (unpaired) electrons. The van der Waals surface area contributed by atoms with E-state index in [1.54, 1.807) is 11.3 Å². The fourth-order valence-corrected chi connectivity index (χ4v) is 5.35. The van der Waals surface area contributed by atoms with E-state index in [-0.39, 0.29) is 5.28 Å². The van der Waals surface area contributed by atoms with E-state index >= 15 is 0 Å². The molecule has 0 aliphatic carbocycles. The topological polar surface area (TPSA) is 38.7 Å². The molecule has 0 saturated carbocycles. The van der Waals surface area contributed by atoms with Gasteiger partial charge in [-0.05, 0) is 34.9 Å². The molecule has 0 unspecified atom stereocenters. The van der Waals surface area contributed by atoms with Gasteiger partial charge in [-0.1, -0.05) is 84.9 Å². The monoisotopic (exact) mass is 449 g/mol. The smallest absolute Gasteiger partial charge is 0.208 e. The van der Waals surface area contributed by atoms with Crippen LogP contribution in [0, 0.1) is 0 Å². The summed E-state index contributed by atoms with van der Waals surface area (Å²) in [7, 11) is 0. The van der Waals surface area contributed by atoms with E-state index in [9.17, 15) is 0 Å². The van der Waals surface area contributed by atoms with Gasteiger partial charge in [0.15, 0.2) is 11.6 Å². The highest BCUT2D eigenvalue weighted by Gasteiger charge is 2.14. The molecule has 6 aromatic rings. The van der Waals surface area contributed by atoms with E-state index in [0.29, 0.717) is 11.6 Å². The molecular formula is C27H16ClN3S. The molecule has 0 aliphatic heterocycles. The van der Waals surface area contributed by atoms with Gasteiger partial charge in [-0.15, -0.1) is 11.3 Å². The summed E-state index contributed by atoms with van der Waals surface area (Å²) >= 11 is 8.04. The van der Waals surface area contributed by atoms with Crippen LogP contribution >= 0.6 is 22.9 Å². The number of aromatic nitrogens is 3. The Morgan fingerprint density at radius 1 is 0.562 bits per heavy atom. The lowest BCUT2D eigenvalue weighted by Crippen LogP contribution is -1.97. The minimum Gasteiger partial charge on any atom is -0.208 e. The predicted molar refractivity (Wildman–Crippen MR) is 134 cm³/mol. The molecule has 0 aliphatic rings. The molecule has 0 fully saturated rings. The first-order chi connectivity index (χ1) is 15.8. The molecular weight excluding hydrogens is 434 g/mol. The largest absolute Gasteiger partial charge is 0.226 e. The van der Waals surface area contributed by atoms with Crippen LogP contribution in [0.3, 0.4) is 0 Å². The standard InChI is InChI=1S/C27H16ClN3S/c28-27-30-25(18-10-5-2-6-11-18)29-26(31-27)19-14-15-21-23(16-19)32-22-13-7-12-20(24(21)22)17-8-3-1-4-9-17/h1-16H. The van der Waals surface area contributed by atoms with Crippen molar-refractivity contribution in [2.45, 2.75) is 0 Å². The van der Waals surface area contributed by atoms with Crippen LogP contribution in [-0.4, -0.2) is 15.0 Å². The fraction of sp³-hybridized carbons (Fsp3) is 0. The Morgan fingerprint density at radius 3 is 2.00 bits per heavy atom. The Balaban J connectivity index is 1.52. The third-order valence-corrected chi connectivity index (χ3v) is 6.77. The molecule has 5 heteroatoms. The van der Waals surface area contributed by atoms with E-state index in [2.05, 4.69) is 70.6 Å². The number of benzene rings is 4. The van der Waals surface area contributed by atoms with E-state index in [4.69, 9.17) is 16.6 Å². The summed E-state index contributed by atoms with van der Waals surface area (Å²) in [6.07, 6.45) is 0. The highest BCUT2D eigenvalue weighted by atomic mass is 35.5. The zero-order valence-electron chi connectivity index (χ0n) is 16.9. The van der Waals surface area contributed by atoms with E-state index in [1.807, 2.05) is 36.4 Å². The summed E-state index contributed by atoms with van der Waals surface area (Å²) in [5.41, 5.74) is 4.30. The number of fused-ring (bicyclic) bond motifs is 3. The van der Waals surface area contributed by atoms with Crippen LogP contribution in [0.2, 0.25) is 5.28 Å². The van der Waals surface area contributed by atoms with Crippen LogP contribution in [0.4, 0.5) is 0 Å². The fourth-order valence-electron chi connectivity index (χ4n) is 4.02. The second-order valence-corrected chi connectivity index (χ2v) is 8.90. The normalized spacial score (nSPS) is 11.3. The quantitative estimate of drug-likeness (QED) is 0.275. The summed E-state index contributed by atoms with van der Waals surface area (Å²) < 4.78 is 2.45. The van der Waals surface area contributed by atoms with Crippen molar-refractivity contribution in [3.8, 4) is 33.9 Å². The highest BCUT2D eigenvalue weighted by Crippen LogP contribution is 2.41. The van der Waals surface area contributed by atoms with Crippen LogP contribution in [0.5, 0.6) is 0 Å². The van der Waals surface area contributed by atoms with Crippen molar-refractivity contribution in [3.05, 3.63) is 102 Å². The number of nitrogens with zero attached hydrogens (tertiary/aromatic N) is 3. The van der Waals surface area contributed by atoms with Gasteiger partial charge in [0.05, 0.1) is 0 Å². The van der Waals surface area contributed by atoms with Gasteiger partial charge < -0.3 is 0 Å². The molecule has 32 heavy (non-hydrogen) atoms. The van der Waals surface area contributed by atoms with Gasteiger partial charge >= 0.3 is 0 Å². The number of rotatable bonds is 3. The molecule has 3 nitrogen and oxygen atoms in total. The molecule has 0 saturated heterocycles. The van der Waals surface area contributed by atoms with Crippen LogP contribution in [0.25, 0.3) is 54.1 Å². The van der Waals surface area contributed by atoms with Gasteiger partial charge in [0, 0.05) is 31.3 Å². The van der Waals surface area contributed by atoms with Crippen molar-refractivity contribution in [3.63, 3.8) is 0 Å². The molecule has 0 atom stereocenters. The van der Waals surface area contributed by atoms with Crippen molar-refractivity contribution >= 4 is 43.1 Å². The minimum absolute atomic E-state index is 0.191. The molecule has 6 rings (SSSR count). The molecule has 0 bridgehead atoms. The first-order valence-corrected chi connectivity index (χ1v) is 11.4. The molecule has 4 aromatic carbocycles. The molecule has 0 spiro atoms. The zero-order chi connectivity index (χ0) is 21.5. The van der Waals surface area contributed by atoms with Gasteiger partial charge in [-0.2, -0.15) is 9.97 Å². The van der Waals surface area contributed by atoms with Crippen LogP contribution in [0.1, 0.15) is 0 Å². The Bertz CT molecular complexity index is 1580. The molecule has 2 aromatic heterocycles. The van der Waals surface area contributed by atoms with Crippen molar-refractivity contribution < 1.29 is 0 Å². The third-order valence-electron chi connectivity index (χ3n) is 5.48. The van der Waals surface area contributed by atoms with Crippen molar-refractivity contribution in [2.75, 3.05) is 0 Å². The summed E-state index contributed by atoms with van der Waals surface area (Å²) in [5, 5.41) is 2.71. The Kier molecular flexibility index (Phi) is 4.67. The maximum atomic E-state index is 6.26. The molecule has 0 amide bonds. The molecule has 152 valence electrons. The highest BCUT2D eigenvalue weighted by molar-refractivity contribution is 7.26. The van der Waals surface area contributed by atoms with Gasteiger partial charge in [-0.25, -0.2) is 4.98 Å². The van der Waals surface area contributed by atoms with E-state index in [0.717, 1.165) is 11.1 Å². The van der Waals surface area contributed by atoms with Crippen LogP contribution < -0.4 is 0 Å². The Hall–Kier alpha value is -3.60. The van der Waals surface area contributed by atoms with Crippen molar-refractivity contribution in [1.29, 1.82) is 0 Å². The first kappa shape index (κ1) is 19.1. The van der Waals surface area contributed by atoms with Gasteiger partial charge in [0.25, 0.3) is 0 Å². The van der Waals surface area contributed by atoms with Crippen LogP contribution in [0.15, 0.2) is 97.1 Å². The average molecular weight is 450 g/mol. The third kappa shape index (κ3) is 3.34. The summed E-state index contributed by atoms with van der Waals surface area (Å²) in [6.45, 7) is 0. The molecule has 0 N–H and O–H groups in total. The maximum Gasteiger partial charge on any atom is 0.226 e. The van der Waals surface area contributed by atoms with Crippen molar-refractivity contribution in [2.24, 2.45) is 0 Å². The zero-order valence-corrected chi connectivity index (χ0v) is 18.4. The first-order valence-electron chi connectivity index (χ1n) is 10.2. The minimum atomic E-state index is 0.191. The number of thiophene rings is 1. The van der Waals surface area contributed by atoms with Crippen molar-refractivity contribution in [1.82, 2.24) is 15.0 Å². The summed E-state index contributed by atoms with van der Waals surface area (Å²) in [6, 6.07) is 33.2. The second-order valence-electron chi connectivity index (χ2n) is 7.48.